The Labute approximate surface area is 147 Å². The third kappa shape index (κ3) is 3.60. The lowest BCUT2D eigenvalue weighted by molar-refractivity contribution is -0.130. The van der Waals surface area contributed by atoms with Gasteiger partial charge < -0.3 is 4.90 Å². The maximum absolute atomic E-state index is 13.0. The molecule has 1 N–H and O–H groups in total. The monoisotopic (exact) mass is 334 g/mol. The molecule has 1 aromatic carbocycles. The number of hydrogen-bond acceptors (Lipinski definition) is 3. The minimum Gasteiger partial charge on any atom is -0.333 e. The van der Waals surface area contributed by atoms with Crippen molar-refractivity contribution in [1.82, 2.24) is 20.1 Å². The zero-order chi connectivity index (χ0) is 17.8. The molecule has 0 saturated heterocycles. The Balaban J connectivity index is 1.92. The zero-order valence-corrected chi connectivity index (χ0v) is 14.7. The lowest BCUT2D eigenvalue weighted by Crippen LogP contribution is -2.33. The molecule has 5 nitrogen and oxygen atoms in total. The van der Waals surface area contributed by atoms with E-state index in [0.29, 0.717) is 6.42 Å². The molecule has 0 aliphatic heterocycles. The molecule has 25 heavy (non-hydrogen) atoms. The lowest BCUT2D eigenvalue weighted by Gasteiger charge is -2.28. The van der Waals surface area contributed by atoms with Gasteiger partial charge in [0, 0.05) is 24.5 Å². The van der Waals surface area contributed by atoms with Crippen LogP contribution < -0.4 is 0 Å². The summed E-state index contributed by atoms with van der Waals surface area (Å²) in [4.78, 5) is 19.2. The number of hydrogen-bond donors (Lipinski definition) is 1. The fourth-order valence-corrected chi connectivity index (χ4v) is 3.02. The van der Waals surface area contributed by atoms with Gasteiger partial charge in [-0.05, 0) is 31.5 Å². The van der Waals surface area contributed by atoms with Crippen LogP contribution in [-0.2, 0) is 11.2 Å². The third-order valence-corrected chi connectivity index (χ3v) is 4.47. The Morgan fingerprint density at radius 1 is 1.12 bits per heavy atom. The number of likely N-dealkylation sites (N-methyl/N-ethyl adjacent to an activating group) is 1. The first kappa shape index (κ1) is 16.9. The van der Waals surface area contributed by atoms with Gasteiger partial charge in [0.15, 0.2) is 0 Å². The van der Waals surface area contributed by atoms with Crippen LogP contribution in [0.1, 0.15) is 34.3 Å². The SMILES string of the molecule is Cc1n[nH]c(C)c1CC(=O)N(C)[C@H](c1ccccc1)c1ccccn1. The maximum atomic E-state index is 13.0. The molecular weight excluding hydrogens is 312 g/mol. The van der Waals surface area contributed by atoms with Crippen molar-refractivity contribution >= 4 is 5.91 Å². The zero-order valence-electron chi connectivity index (χ0n) is 14.7. The van der Waals surface area contributed by atoms with Crippen LogP contribution in [0.5, 0.6) is 0 Å². The molecule has 128 valence electrons. The van der Waals surface area contributed by atoms with Crippen molar-refractivity contribution in [3.8, 4) is 0 Å². The van der Waals surface area contributed by atoms with Crippen molar-refractivity contribution in [2.24, 2.45) is 0 Å². The number of H-pyrrole nitrogens is 1. The van der Waals surface area contributed by atoms with Gasteiger partial charge in [-0.1, -0.05) is 36.4 Å². The number of aryl methyl sites for hydroxylation is 2. The quantitative estimate of drug-likeness (QED) is 0.779. The average molecular weight is 334 g/mol. The number of benzene rings is 1. The van der Waals surface area contributed by atoms with Gasteiger partial charge in [-0.15, -0.1) is 0 Å². The second-order valence-corrected chi connectivity index (χ2v) is 6.16. The summed E-state index contributed by atoms with van der Waals surface area (Å²) in [5.41, 5.74) is 4.66. The van der Waals surface area contributed by atoms with Gasteiger partial charge in [0.1, 0.15) is 0 Å². The Bertz CT molecular complexity index is 784. The highest BCUT2D eigenvalue weighted by Gasteiger charge is 2.25. The Morgan fingerprint density at radius 3 is 2.44 bits per heavy atom. The molecule has 3 rings (SSSR count). The largest absolute Gasteiger partial charge is 0.333 e. The first-order valence-electron chi connectivity index (χ1n) is 8.30. The molecule has 0 aliphatic rings. The highest BCUT2D eigenvalue weighted by Crippen LogP contribution is 2.27. The van der Waals surface area contributed by atoms with Crippen molar-refractivity contribution in [2.75, 3.05) is 7.05 Å². The fraction of sp³-hybridized carbons (Fsp3) is 0.250. The number of nitrogens with one attached hydrogen (secondary N) is 1. The summed E-state index contributed by atoms with van der Waals surface area (Å²) < 4.78 is 0. The average Bonchev–Trinajstić information content (AvgIpc) is 2.95. The first-order chi connectivity index (χ1) is 12.1. The molecule has 0 unspecified atom stereocenters. The van der Waals surface area contributed by atoms with E-state index in [4.69, 9.17) is 0 Å². The summed E-state index contributed by atoms with van der Waals surface area (Å²) in [5.74, 6) is 0.0344. The third-order valence-electron chi connectivity index (χ3n) is 4.47. The van der Waals surface area contributed by atoms with Crippen molar-refractivity contribution < 1.29 is 4.79 Å². The first-order valence-corrected chi connectivity index (χ1v) is 8.30. The van der Waals surface area contributed by atoms with Crippen LogP contribution in [0.15, 0.2) is 54.7 Å². The molecule has 2 heterocycles. The van der Waals surface area contributed by atoms with Crippen molar-refractivity contribution in [3.05, 3.63) is 82.9 Å². The summed E-state index contributed by atoms with van der Waals surface area (Å²) in [5, 5.41) is 7.12. The number of rotatable bonds is 5. The van der Waals surface area contributed by atoms with E-state index in [0.717, 1.165) is 28.2 Å². The van der Waals surface area contributed by atoms with Crippen LogP contribution in [-0.4, -0.2) is 33.0 Å². The number of pyridine rings is 1. The molecule has 0 spiro atoms. The van der Waals surface area contributed by atoms with Crippen molar-refractivity contribution in [1.29, 1.82) is 0 Å². The summed E-state index contributed by atoms with van der Waals surface area (Å²) in [6, 6.07) is 15.5. The number of carbonyl (C=O) groups is 1. The number of carbonyl (C=O) groups excluding carboxylic acids is 1. The highest BCUT2D eigenvalue weighted by molar-refractivity contribution is 5.80. The number of amides is 1. The fourth-order valence-electron chi connectivity index (χ4n) is 3.02. The summed E-state index contributed by atoms with van der Waals surface area (Å²) in [6.45, 7) is 3.86. The molecule has 0 fully saturated rings. The van der Waals surface area contributed by atoms with E-state index in [2.05, 4.69) is 15.2 Å². The van der Waals surface area contributed by atoms with E-state index in [1.54, 1.807) is 11.1 Å². The highest BCUT2D eigenvalue weighted by atomic mass is 16.2. The minimum atomic E-state index is -0.220. The maximum Gasteiger partial charge on any atom is 0.227 e. The van der Waals surface area contributed by atoms with E-state index in [-0.39, 0.29) is 11.9 Å². The van der Waals surface area contributed by atoms with Crippen molar-refractivity contribution in [2.45, 2.75) is 26.3 Å². The molecule has 2 aromatic heterocycles. The van der Waals surface area contributed by atoms with Crippen LogP contribution >= 0.6 is 0 Å². The Hall–Kier alpha value is -2.95. The van der Waals surface area contributed by atoms with Gasteiger partial charge in [-0.3, -0.25) is 14.9 Å². The van der Waals surface area contributed by atoms with E-state index in [1.807, 2.05) is 69.4 Å². The summed E-state index contributed by atoms with van der Waals surface area (Å²) in [6.07, 6.45) is 2.08. The van der Waals surface area contributed by atoms with E-state index >= 15 is 0 Å². The molecular formula is C20H22N4O. The second-order valence-electron chi connectivity index (χ2n) is 6.16. The molecule has 1 amide bonds. The van der Waals surface area contributed by atoms with E-state index < -0.39 is 0 Å². The van der Waals surface area contributed by atoms with Gasteiger partial charge in [0.25, 0.3) is 0 Å². The minimum absolute atomic E-state index is 0.0344. The van der Waals surface area contributed by atoms with Crippen LogP contribution in [0.3, 0.4) is 0 Å². The molecule has 0 radical (unpaired) electrons. The standard InChI is InChI=1S/C20H22N4O/c1-14-17(15(2)23-22-14)13-19(25)24(3)20(16-9-5-4-6-10-16)18-11-7-8-12-21-18/h4-12,20H,13H2,1-3H3,(H,22,23)/t20-/m1/s1. The van der Waals surface area contributed by atoms with Gasteiger partial charge >= 0.3 is 0 Å². The summed E-state index contributed by atoms with van der Waals surface area (Å²) >= 11 is 0. The molecule has 0 saturated carbocycles. The number of nitrogens with zero attached hydrogens (tertiary/aromatic N) is 3. The van der Waals surface area contributed by atoms with Gasteiger partial charge in [-0.25, -0.2) is 0 Å². The van der Waals surface area contributed by atoms with Gasteiger partial charge in [0.05, 0.1) is 23.9 Å². The molecule has 5 heteroatoms. The van der Waals surface area contributed by atoms with Crippen LogP contribution in [0.4, 0.5) is 0 Å². The molecule has 1 atom stereocenters. The summed E-state index contributed by atoms with van der Waals surface area (Å²) in [7, 11) is 1.83. The van der Waals surface area contributed by atoms with Gasteiger partial charge in [-0.2, -0.15) is 5.10 Å². The second kappa shape index (κ2) is 7.30. The van der Waals surface area contributed by atoms with Crippen LogP contribution in [0, 0.1) is 13.8 Å². The Morgan fingerprint density at radius 2 is 1.84 bits per heavy atom. The topological polar surface area (TPSA) is 61.9 Å². The number of aromatic nitrogens is 3. The smallest absolute Gasteiger partial charge is 0.227 e. The van der Waals surface area contributed by atoms with E-state index in [9.17, 15) is 4.79 Å². The normalized spacial score (nSPS) is 12.0. The lowest BCUT2D eigenvalue weighted by atomic mass is 10.0. The Kier molecular flexibility index (Phi) is 4.93. The van der Waals surface area contributed by atoms with Crippen LogP contribution in [0.2, 0.25) is 0 Å². The molecule has 0 aliphatic carbocycles. The predicted molar refractivity (Wildman–Crippen MR) is 97.1 cm³/mol. The van der Waals surface area contributed by atoms with Gasteiger partial charge in [0.2, 0.25) is 5.91 Å². The predicted octanol–water partition coefficient (Wildman–Crippen LogP) is 3.21. The molecule has 0 bridgehead atoms. The molecule has 3 aromatic rings. The van der Waals surface area contributed by atoms with Crippen LogP contribution in [0.25, 0.3) is 0 Å². The van der Waals surface area contributed by atoms with E-state index in [1.165, 1.54) is 0 Å². The van der Waals surface area contributed by atoms with Crippen molar-refractivity contribution in [3.63, 3.8) is 0 Å². The number of aromatic amines is 1.